The lowest BCUT2D eigenvalue weighted by Gasteiger charge is -2.30. The first-order valence-corrected chi connectivity index (χ1v) is 13.3. The standard InChI is InChI=1S/C29H36N4O3/c1-3-20(2)32(18-22-12-9-17-36-22)16-15-30-28(34)26-23-13-7-8-14-25(23)31-27-24(26)19-33(29(27)35)21-10-5-4-6-11-21/h7-9,12-14,17,20-21H,3-6,10-11,15-16,18-19H2,1-2H3,(H,30,34). The average Bonchev–Trinajstić information content (AvgIpc) is 3.54. The molecule has 7 heteroatoms. The van der Waals surface area contributed by atoms with Gasteiger partial charge in [0.15, 0.2) is 0 Å². The van der Waals surface area contributed by atoms with Gasteiger partial charge in [-0.2, -0.15) is 0 Å². The molecule has 1 aromatic carbocycles. The summed E-state index contributed by atoms with van der Waals surface area (Å²) >= 11 is 0. The van der Waals surface area contributed by atoms with Gasteiger partial charge in [-0.1, -0.05) is 44.4 Å². The zero-order valence-corrected chi connectivity index (χ0v) is 21.3. The monoisotopic (exact) mass is 488 g/mol. The molecule has 0 radical (unpaired) electrons. The summed E-state index contributed by atoms with van der Waals surface area (Å²) in [6.07, 6.45) is 8.30. The van der Waals surface area contributed by atoms with Crippen LogP contribution in [0.5, 0.6) is 0 Å². The fraction of sp³-hybridized carbons (Fsp3) is 0.483. The minimum atomic E-state index is -0.134. The van der Waals surface area contributed by atoms with E-state index in [-0.39, 0.29) is 17.9 Å². The Kier molecular flexibility index (Phi) is 7.37. The molecule has 2 amide bonds. The zero-order valence-electron chi connectivity index (χ0n) is 21.3. The van der Waals surface area contributed by atoms with E-state index >= 15 is 0 Å². The van der Waals surface area contributed by atoms with Gasteiger partial charge in [0.1, 0.15) is 11.5 Å². The Morgan fingerprint density at radius 1 is 1.19 bits per heavy atom. The first-order valence-electron chi connectivity index (χ1n) is 13.3. The van der Waals surface area contributed by atoms with Gasteiger partial charge in [-0.05, 0) is 44.4 Å². The molecule has 0 spiro atoms. The van der Waals surface area contributed by atoms with E-state index in [0.717, 1.165) is 48.8 Å². The molecule has 0 bridgehead atoms. The van der Waals surface area contributed by atoms with Crippen molar-refractivity contribution in [1.82, 2.24) is 20.1 Å². The summed E-state index contributed by atoms with van der Waals surface area (Å²) in [5, 5.41) is 3.96. The third kappa shape index (κ3) is 4.89. The summed E-state index contributed by atoms with van der Waals surface area (Å²) in [6, 6.07) is 12.1. The summed E-state index contributed by atoms with van der Waals surface area (Å²) in [5.74, 6) is 0.754. The van der Waals surface area contributed by atoms with Crippen molar-refractivity contribution in [2.45, 2.75) is 77.5 Å². The van der Waals surface area contributed by atoms with E-state index in [4.69, 9.17) is 9.40 Å². The molecule has 36 heavy (non-hydrogen) atoms. The van der Waals surface area contributed by atoms with Gasteiger partial charge in [-0.15, -0.1) is 0 Å². The maximum absolute atomic E-state index is 13.6. The third-order valence-electron chi connectivity index (χ3n) is 7.87. The molecule has 1 atom stereocenters. The molecule has 2 aromatic heterocycles. The number of aromatic nitrogens is 1. The van der Waals surface area contributed by atoms with Gasteiger partial charge in [-0.3, -0.25) is 14.5 Å². The number of hydrogen-bond acceptors (Lipinski definition) is 5. The predicted octanol–water partition coefficient (Wildman–Crippen LogP) is 5.15. The zero-order chi connectivity index (χ0) is 25.1. The average molecular weight is 489 g/mol. The summed E-state index contributed by atoms with van der Waals surface area (Å²) in [4.78, 5) is 36.0. The van der Waals surface area contributed by atoms with Gasteiger partial charge < -0.3 is 14.6 Å². The van der Waals surface area contributed by atoms with E-state index in [1.807, 2.05) is 41.3 Å². The van der Waals surface area contributed by atoms with Crippen molar-refractivity contribution in [3.8, 4) is 0 Å². The lowest BCUT2D eigenvalue weighted by Crippen LogP contribution is -2.39. The van der Waals surface area contributed by atoms with Gasteiger partial charge in [0.25, 0.3) is 11.8 Å². The van der Waals surface area contributed by atoms with Crippen LogP contribution in [0.4, 0.5) is 0 Å². The lowest BCUT2D eigenvalue weighted by molar-refractivity contribution is 0.0655. The van der Waals surface area contributed by atoms with Crippen molar-refractivity contribution < 1.29 is 14.0 Å². The van der Waals surface area contributed by atoms with Crippen LogP contribution in [-0.2, 0) is 13.1 Å². The number of pyridine rings is 1. The summed E-state index contributed by atoms with van der Waals surface area (Å²) in [6.45, 7) is 6.75. The number of para-hydroxylation sites is 1. The Hall–Kier alpha value is -3.19. The number of carbonyl (C=O) groups is 2. The molecular weight excluding hydrogens is 452 g/mol. The molecule has 1 aliphatic heterocycles. The highest BCUT2D eigenvalue weighted by atomic mass is 16.3. The molecule has 190 valence electrons. The second-order valence-corrected chi connectivity index (χ2v) is 10.1. The maximum Gasteiger partial charge on any atom is 0.273 e. The molecule has 1 fully saturated rings. The molecule has 5 rings (SSSR count). The molecule has 1 unspecified atom stereocenters. The highest BCUT2D eigenvalue weighted by Gasteiger charge is 2.38. The Balaban J connectivity index is 1.37. The van der Waals surface area contributed by atoms with E-state index < -0.39 is 0 Å². The van der Waals surface area contributed by atoms with Crippen LogP contribution in [0.1, 0.15) is 84.5 Å². The minimum absolute atomic E-state index is 0.0295. The van der Waals surface area contributed by atoms with Crippen molar-refractivity contribution >= 4 is 22.7 Å². The van der Waals surface area contributed by atoms with Crippen LogP contribution in [0.2, 0.25) is 0 Å². The molecule has 3 heterocycles. The number of hydrogen-bond donors (Lipinski definition) is 1. The molecule has 3 aromatic rings. The number of nitrogens with one attached hydrogen (secondary N) is 1. The molecule has 1 aliphatic carbocycles. The molecule has 0 saturated heterocycles. The van der Waals surface area contributed by atoms with Crippen molar-refractivity contribution in [3.63, 3.8) is 0 Å². The highest BCUT2D eigenvalue weighted by Crippen LogP contribution is 2.34. The quantitative estimate of drug-likeness (QED) is 0.451. The van der Waals surface area contributed by atoms with Gasteiger partial charge >= 0.3 is 0 Å². The topological polar surface area (TPSA) is 78.7 Å². The molecule has 1 saturated carbocycles. The smallest absolute Gasteiger partial charge is 0.273 e. The Labute approximate surface area is 212 Å². The summed E-state index contributed by atoms with van der Waals surface area (Å²) in [7, 11) is 0. The largest absolute Gasteiger partial charge is 0.468 e. The number of amides is 2. The summed E-state index contributed by atoms with van der Waals surface area (Å²) < 4.78 is 5.55. The second-order valence-electron chi connectivity index (χ2n) is 10.1. The maximum atomic E-state index is 13.6. The van der Waals surface area contributed by atoms with E-state index in [1.54, 1.807) is 6.26 Å². The Bertz CT molecular complexity index is 1220. The molecule has 2 aliphatic rings. The number of rotatable bonds is 9. The van der Waals surface area contributed by atoms with E-state index in [0.29, 0.717) is 49.0 Å². The SMILES string of the molecule is CCC(C)N(CCNC(=O)c1c2c(nc3ccccc13)C(=O)N(C1CCCCC1)C2)Cc1ccco1. The number of carbonyl (C=O) groups excluding carboxylic acids is 2. The first-order chi connectivity index (χ1) is 17.6. The Morgan fingerprint density at radius 2 is 2.00 bits per heavy atom. The first kappa shape index (κ1) is 24.5. The van der Waals surface area contributed by atoms with E-state index in [2.05, 4.69) is 24.1 Å². The molecule has 1 N–H and O–H groups in total. The van der Waals surface area contributed by atoms with Crippen LogP contribution in [0, 0.1) is 0 Å². The normalized spacial score (nSPS) is 17.1. The van der Waals surface area contributed by atoms with E-state index in [9.17, 15) is 9.59 Å². The molecular formula is C29H36N4O3. The van der Waals surface area contributed by atoms with Crippen molar-refractivity contribution in [3.05, 3.63) is 65.2 Å². The van der Waals surface area contributed by atoms with E-state index in [1.165, 1.54) is 6.42 Å². The number of benzene rings is 1. The van der Waals surface area contributed by atoms with Gasteiger partial charge in [0.2, 0.25) is 0 Å². The predicted molar refractivity (Wildman–Crippen MR) is 140 cm³/mol. The van der Waals surface area contributed by atoms with Crippen LogP contribution in [-0.4, -0.2) is 51.8 Å². The number of furan rings is 1. The fourth-order valence-electron chi connectivity index (χ4n) is 5.63. The van der Waals surface area contributed by atoms with Crippen molar-refractivity contribution in [1.29, 1.82) is 0 Å². The summed E-state index contributed by atoms with van der Waals surface area (Å²) in [5.41, 5.74) is 2.52. The van der Waals surface area contributed by atoms with Gasteiger partial charge in [-0.25, -0.2) is 4.98 Å². The lowest BCUT2D eigenvalue weighted by atomic mass is 9.94. The van der Waals surface area contributed by atoms with Crippen LogP contribution in [0.25, 0.3) is 10.9 Å². The second kappa shape index (κ2) is 10.8. The number of fused-ring (bicyclic) bond motifs is 2. The van der Waals surface area contributed by atoms with Crippen LogP contribution in [0.15, 0.2) is 47.1 Å². The molecule has 7 nitrogen and oxygen atoms in total. The third-order valence-corrected chi connectivity index (χ3v) is 7.87. The van der Waals surface area contributed by atoms with Crippen molar-refractivity contribution in [2.75, 3.05) is 13.1 Å². The highest BCUT2D eigenvalue weighted by molar-refractivity contribution is 6.11. The Morgan fingerprint density at radius 3 is 2.75 bits per heavy atom. The van der Waals surface area contributed by atoms with Gasteiger partial charge in [0, 0.05) is 42.7 Å². The van der Waals surface area contributed by atoms with Crippen LogP contribution < -0.4 is 5.32 Å². The fourth-order valence-corrected chi connectivity index (χ4v) is 5.63. The van der Waals surface area contributed by atoms with Crippen LogP contribution >= 0.6 is 0 Å². The van der Waals surface area contributed by atoms with Crippen molar-refractivity contribution in [2.24, 2.45) is 0 Å². The van der Waals surface area contributed by atoms with Gasteiger partial charge in [0.05, 0.1) is 23.9 Å². The minimum Gasteiger partial charge on any atom is -0.468 e. The number of nitrogens with zero attached hydrogens (tertiary/aromatic N) is 3. The van der Waals surface area contributed by atoms with Crippen LogP contribution in [0.3, 0.4) is 0 Å².